The molecule has 0 spiro atoms. The first-order valence-corrected chi connectivity index (χ1v) is 11.2. The molecule has 0 unspecified atom stereocenters. The molecule has 0 amide bonds. The summed E-state index contributed by atoms with van der Waals surface area (Å²) in [6.45, 7) is 14.9. The summed E-state index contributed by atoms with van der Waals surface area (Å²) in [5, 5.41) is 0. The Balaban J connectivity index is 1.91. The Hall–Kier alpha value is -1.42. The molecule has 2 rings (SSSR count). The number of nitrogens with zero attached hydrogens (tertiary/aromatic N) is 1. The molecule has 0 saturated carbocycles. The zero-order valence-electron chi connectivity index (χ0n) is 19.4. The number of rotatable bonds is 17. The largest absolute Gasteiger partial charge is 0.491 e. The molecule has 1 aromatic rings. The lowest BCUT2D eigenvalue weighted by Crippen LogP contribution is -2.35. The molecular formula is C23H39NO7. The van der Waals surface area contributed by atoms with Crippen LogP contribution in [0.3, 0.4) is 0 Å². The Bertz CT molecular complexity index is 594. The van der Waals surface area contributed by atoms with Gasteiger partial charge in [-0.3, -0.25) is 4.90 Å². The molecule has 31 heavy (non-hydrogen) atoms. The summed E-state index contributed by atoms with van der Waals surface area (Å²) >= 11 is 0. The maximum atomic E-state index is 6.07. The number of aryl methyl sites for hydroxylation is 1. The third-order valence-corrected chi connectivity index (χ3v) is 4.77. The van der Waals surface area contributed by atoms with E-state index in [1.54, 1.807) is 0 Å². The highest BCUT2D eigenvalue weighted by atomic mass is 16.7. The van der Waals surface area contributed by atoms with Crippen molar-refractivity contribution in [2.45, 2.75) is 27.3 Å². The first-order valence-electron chi connectivity index (χ1n) is 11.2. The average molecular weight is 442 g/mol. The third-order valence-electron chi connectivity index (χ3n) is 4.77. The van der Waals surface area contributed by atoms with Crippen molar-refractivity contribution < 1.29 is 33.2 Å². The van der Waals surface area contributed by atoms with Crippen LogP contribution in [-0.4, -0.2) is 90.9 Å². The quantitative estimate of drug-likeness (QED) is 0.270. The van der Waals surface area contributed by atoms with Gasteiger partial charge >= 0.3 is 0 Å². The molecule has 178 valence electrons. The normalized spacial score (nSPS) is 14.7. The average Bonchev–Trinajstić information content (AvgIpc) is 2.78. The maximum Gasteiger partial charge on any atom is 0.146 e. The predicted molar refractivity (Wildman–Crippen MR) is 118 cm³/mol. The van der Waals surface area contributed by atoms with Crippen molar-refractivity contribution in [3.8, 4) is 11.5 Å². The highest BCUT2D eigenvalue weighted by Crippen LogP contribution is 2.30. The SMILES string of the molecule is CCOCCOCCOc1cc(C)c(OCCOCOCC)cc1CN1CCOCC1. The molecule has 1 aliphatic heterocycles. The van der Waals surface area contributed by atoms with Gasteiger partial charge in [0.25, 0.3) is 0 Å². The van der Waals surface area contributed by atoms with E-state index in [1.165, 1.54) is 0 Å². The Morgan fingerprint density at radius 2 is 1.42 bits per heavy atom. The molecular weight excluding hydrogens is 402 g/mol. The van der Waals surface area contributed by atoms with Gasteiger partial charge in [-0.05, 0) is 38.5 Å². The summed E-state index contributed by atoms with van der Waals surface area (Å²) < 4.78 is 38.9. The first kappa shape index (κ1) is 25.8. The second kappa shape index (κ2) is 16.2. The summed E-state index contributed by atoms with van der Waals surface area (Å²) in [7, 11) is 0. The molecule has 0 atom stereocenters. The molecule has 1 saturated heterocycles. The van der Waals surface area contributed by atoms with Crippen molar-refractivity contribution in [1.29, 1.82) is 0 Å². The lowest BCUT2D eigenvalue weighted by molar-refractivity contribution is -0.0561. The van der Waals surface area contributed by atoms with E-state index < -0.39 is 0 Å². The minimum atomic E-state index is 0.292. The molecule has 0 bridgehead atoms. The topological polar surface area (TPSA) is 67.9 Å². The zero-order valence-corrected chi connectivity index (χ0v) is 19.4. The monoisotopic (exact) mass is 441 g/mol. The van der Waals surface area contributed by atoms with Crippen LogP contribution in [0.1, 0.15) is 25.0 Å². The van der Waals surface area contributed by atoms with Gasteiger partial charge in [0, 0.05) is 38.4 Å². The second-order valence-corrected chi connectivity index (χ2v) is 7.14. The Kier molecular flexibility index (Phi) is 13.5. The van der Waals surface area contributed by atoms with E-state index in [9.17, 15) is 0 Å². The van der Waals surface area contributed by atoms with Crippen LogP contribution in [0.15, 0.2) is 12.1 Å². The highest BCUT2D eigenvalue weighted by molar-refractivity contribution is 5.46. The lowest BCUT2D eigenvalue weighted by Gasteiger charge is -2.27. The van der Waals surface area contributed by atoms with Crippen molar-refractivity contribution in [1.82, 2.24) is 4.90 Å². The predicted octanol–water partition coefficient (Wildman–Crippen LogP) is 2.65. The summed E-state index contributed by atoms with van der Waals surface area (Å²) in [6.07, 6.45) is 0. The van der Waals surface area contributed by atoms with Gasteiger partial charge in [-0.25, -0.2) is 0 Å². The van der Waals surface area contributed by atoms with Gasteiger partial charge in [-0.1, -0.05) is 0 Å². The van der Waals surface area contributed by atoms with Gasteiger partial charge in [-0.2, -0.15) is 0 Å². The fourth-order valence-electron chi connectivity index (χ4n) is 3.10. The smallest absolute Gasteiger partial charge is 0.146 e. The number of ether oxygens (including phenoxy) is 7. The molecule has 0 N–H and O–H groups in total. The van der Waals surface area contributed by atoms with Gasteiger partial charge in [-0.15, -0.1) is 0 Å². The van der Waals surface area contributed by atoms with E-state index in [1.807, 2.05) is 26.8 Å². The van der Waals surface area contributed by atoms with Crippen LogP contribution >= 0.6 is 0 Å². The minimum Gasteiger partial charge on any atom is -0.491 e. The number of benzene rings is 1. The van der Waals surface area contributed by atoms with Crippen LogP contribution in [-0.2, 0) is 30.2 Å². The van der Waals surface area contributed by atoms with Gasteiger partial charge in [0.05, 0.1) is 39.6 Å². The molecule has 1 aliphatic rings. The summed E-state index contributed by atoms with van der Waals surface area (Å²) in [5.74, 6) is 1.72. The van der Waals surface area contributed by atoms with Crippen LogP contribution in [0.25, 0.3) is 0 Å². The number of hydrogen-bond acceptors (Lipinski definition) is 8. The van der Waals surface area contributed by atoms with Crippen LogP contribution in [0.4, 0.5) is 0 Å². The molecule has 8 heteroatoms. The van der Waals surface area contributed by atoms with E-state index in [2.05, 4.69) is 11.0 Å². The fraction of sp³-hybridized carbons (Fsp3) is 0.739. The molecule has 1 aromatic carbocycles. The number of morpholine rings is 1. The summed E-state index contributed by atoms with van der Waals surface area (Å²) in [4.78, 5) is 2.37. The summed E-state index contributed by atoms with van der Waals surface area (Å²) in [5.41, 5.74) is 2.13. The van der Waals surface area contributed by atoms with Crippen molar-refractivity contribution in [2.75, 3.05) is 86.0 Å². The molecule has 1 fully saturated rings. The maximum absolute atomic E-state index is 6.07. The highest BCUT2D eigenvalue weighted by Gasteiger charge is 2.16. The van der Waals surface area contributed by atoms with Crippen LogP contribution in [0.2, 0.25) is 0 Å². The van der Waals surface area contributed by atoms with E-state index in [4.69, 9.17) is 33.2 Å². The van der Waals surface area contributed by atoms with Gasteiger partial charge in [0.2, 0.25) is 0 Å². The zero-order chi connectivity index (χ0) is 22.2. The van der Waals surface area contributed by atoms with E-state index in [0.717, 1.165) is 55.5 Å². The van der Waals surface area contributed by atoms with Crippen LogP contribution in [0.5, 0.6) is 11.5 Å². The van der Waals surface area contributed by atoms with Gasteiger partial charge in [0.1, 0.15) is 31.5 Å². The molecule has 8 nitrogen and oxygen atoms in total. The van der Waals surface area contributed by atoms with Crippen molar-refractivity contribution >= 4 is 0 Å². The second-order valence-electron chi connectivity index (χ2n) is 7.14. The van der Waals surface area contributed by atoms with Crippen LogP contribution in [0, 0.1) is 6.92 Å². The molecule has 0 aromatic heterocycles. The Morgan fingerprint density at radius 3 is 2.16 bits per heavy atom. The Morgan fingerprint density at radius 1 is 0.774 bits per heavy atom. The number of hydrogen-bond donors (Lipinski definition) is 0. The summed E-state index contributed by atoms with van der Waals surface area (Å²) in [6, 6.07) is 4.13. The van der Waals surface area contributed by atoms with Gasteiger partial charge < -0.3 is 33.2 Å². The van der Waals surface area contributed by atoms with E-state index in [0.29, 0.717) is 59.6 Å². The van der Waals surface area contributed by atoms with E-state index >= 15 is 0 Å². The van der Waals surface area contributed by atoms with Crippen molar-refractivity contribution in [2.24, 2.45) is 0 Å². The van der Waals surface area contributed by atoms with Gasteiger partial charge in [0.15, 0.2) is 0 Å². The van der Waals surface area contributed by atoms with Crippen molar-refractivity contribution in [3.63, 3.8) is 0 Å². The van der Waals surface area contributed by atoms with E-state index in [-0.39, 0.29) is 0 Å². The van der Waals surface area contributed by atoms with Crippen molar-refractivity contribution in [3.05, 3.63) is 23.3 Å². The standard InChI is InChI=1S/C23H39NO7/c1-4-25-10-11-28-12-14-31-23-16-20(3)22(30-15-13-29-19-26-5-2)17-21(23)18-24-6-8-27-9-7-24/h16-17H,4-15,18-19H2,1-3H3. The third kappa shape index (κ3) is 10.6. The molecule has 0 aliphatic carbocycles. The fourth-order valence-corrected chi connectivity index (χ4v) is 3.10. The molecule has 1 heterocycles. The lowest BCUT2D eigenvalue weighted by atomic mass is 10.1. The minimum absolute atomic E-state index is 0.292. The Labute approximate surface area is 186 Å². The van der Waals surface area contributed by atoms with Crippen LogP contribution < -0.4 is 9.47 Å². The first-order chi connectivity index (χ1) is 15.2. The molecule has 0 radical (unpaired) electrons.